The van der Waals surface area contributed by atoms with Crippen molar-refractivity contribution in [3.05, 3.63) is 59.9 Å². The summed E-state index contributed by atoms with van der Waals surface area (Å²) in [7, 11) is 0. The van der Waals surface area contributed by atoms with Gasteiger partial charge in [-0.15, -0.1) is 5.10 Å². The average Bonchev–Trinajstić information content (AvgIpc) is 3.45. The summed E-state index contributed by atoms with van der Waals surface area (Å²) in [5.41, 5.74) is 3.98. The quantitative estimate of drug-likeness (QED) is 0.372. The zero-order valence-corrected chi connectivity index (χ0v) is 19.0. The molecule has 0 saturated carbocycles. The minimum atomic E-state index is 0.534. The number of hydrogen-bond donors (Lipinski definition) is 1. The number of benzene rings is 1. The highest BCUT2D eigenvalue weighted by molar-refractivity contribution is 5.79. The lowest BCUT2D eigenvalue weighted by Gasteiger charge is -2.08. The monoisotopic (exact) mass is 430 g/mol. The van der Waals surface area contributed by atoms with Crippen molar-refractivity contribution < 1.29 is 0 Å². The molecule has 0 fully saturated rings. The van der Waals surface area contributed by atoms with Gasteiger partial charge in [0.15, 0.2) is 11.6 Å². The Balaban J connectivity index is 1.55. The zero-order chi connectivity index (χ0) is 22.3. The van der Waals surface area contributed by atoms with Gasteiger partial charge in [0.1, 0.15) is 5.82 Å². The molecule has 8 nitrogen and oxygen atoms in total. The fourth-order valence-corrected chi connectivity index (χ4v) is 3.76. The van der Waals surface area contributed by atoms with Crippen molar-refractivity contribution in [2.75, 3.05) is 0 Å². The zero-order valence-electron chi connectivity index (χ0n) is 19.0. The number of H-pyrrole nitrogens is 1. The molecule has 0 radical (unpaired) electrons. The number of unbranched alkanes of at least 4 members (excludes halogenated alkanes) is 2. The highest BCUT2D eigenvalue weighted by Gasteiger charge is 2.14. The van der Waals surface area contributed by atoms with Crippen molar-refractivity contribution >= 4 is 0 Å². The van der Waals surface area contributed by atoms with E-state index in [4.69, 9.17) is 15.1 Å². The smallest absolute Gasteiger partial charge is 0.180 e. The Labute approximate surface area is 188 Å². The number of hydrogen-bond acceptors (Lipinski definition) is 6. The lowest BCUT2D eigenvalue weighted by atomic mass is 10.0. The van der Waals surface area contributed by atoms with Crippen LogP contribution in [0.15, 0.2) is 42.6 Å². The second-order valence-electron chi connectivity index (χ2n) is 8.48. The van der Waals surface area contributed by atoms with Gasteiger partial charge in [-0.25, -0.2) is 14.8 Å². The molecule has 166 valence electrons. The number of aryl methyl sites for hydroxylation is 1. The van der Waals surface area contributed by atoms with Crippen LogP contribution in [0.4, 0.5) is 0 Å². The Morgan fingerprint density at radius 3 is 2.56 bits per heavy atom. The van der Waals surface area contributed by atoms with E-state index in [2.05, 4.69) is 64.3 Å². The summed E-state index contributed by atoms with van der Waals surface area (Å²) in [6.45, 7) is 7.52. The van der Waals surface area contributed by atoms with Gasteiger partial charge in [-0.3, -0.25) is 4.98 Å². The van der Waals surface area contributed by atoms with E-state index in [9.17, 15) is 0 Å². The minimum absolute atomic E-state index is 0.534. The second-order valence-corrected chi connectivity index (χ2v) is 8.48. The van der Waals surface area contributed by atoms with E-state index in [1.165, 1.54) is 12.8 Å². The van der Waals surface area contributed by atoms with Crippen molar-refractivity contribution in [1.29, 1.82) is 0 Å². The van der Waals surface area contributed by atoms with Gasteiger partial charge in [0.05, 0.1) is 0 Å². The fraction of sp³-hybridized carbons (Fsp3) is 0.417. The maximum Gasteiger partial charge on any atom is 0.180 e. The third-order valence-electron chi connectivity index (χ3n) is 5.36. The lowest BCUT2D eigenvalue weighted by Crippen LogP contribution is -2.07. The van der Waals surface area contributed by atoms with Gasteiger partial charge in [0.25, 0.3) is 0 Å². The molecular weight excluding hydrogens is 400 g/mol. The Morgan fingerprint density at radius 1 is 1.03 bits per heavy atom. The van der Waals surface area contributed by atoms with Crippen LogP contribution in [0.3, 0.4) is 0 Å². The number of tetrazole rings is 1. The molecule has 4 rings (SSSR count). The number of nitrogens with one attached hydrogen (secondary N) is 1. The molecule has 0 unspecified atom stereocenters. The first-order valence-electron chi connectivity index (χ1n) is 11.3. The second kappa shape index (κ2) is 10.3. The standard InChI is InChI=1S/C24H30N8/c1-4-5-8-13-32-23(26-22(29-32)14-17(2)3)15-19-12-11-18(16-25-19)20-9-6-7-10-21(20)24-27-30-31-28-24/h6-7,9-12,16-17H,4-5,8,13-15H2,1-3H3,(H,27,28,30,31). The van der Waals surface area contributed by atoms with Crippen LogP contribution in [-0.2, 0) is 19.4 Å². The third-order valence-corrected chi connectivity index (χ3v) is 5.36. The van der Waals surface area contributed by atoms with E-state index < -0.39 is 0 Å². The maximum atomic E-state index is 4.84. The normalized spacial score (nSPS) is 11.4. The van der Waals surface area contributed by atoms with E-state index in [0.717, 1.165) is 53.4 Å². The lowest BCUT2D eigenvalue weighted by molar-refractivity contribution is 0.525. The van der Waals surface area contributed by atoms with Gasteiger partial charge in [-0.1, -0.05) is 63.9 Å². The molecule has 0 saturated heterocycles. The highest BCUT2D eigenvalue weighted by atomic mass is 15.5. The molecule has 3 heterocycles. The minimum Gasteiger partial charge on any atom is -0.260 e. The molecule has 0 aliphatic carbocycles. The highest BCUT2D eigenvalue weighted by Crippen LogP contribution is 2.29. The summed E-state index contributed by atoms with van der Waals surface area (Å²) >= 11 is 0. The first-order valence-corrected chi connectivity index (χ1v) is 11.3. The van der Waals surface area contributed by atoms with E-state index in [0.29, 0.717) is 18.2 Å². The Morgan fingerprint density at radius 2 is 1.88 bits per heavy atom. The van der Waals surface area contributed by atoms with Gasteiger partial charge in [0, 0.05) is 42.4 Å². The van der Waals surface area contributed by atoms with Crippen molar-refractivity contribution in [2.24, 2.45) is 5.92 Å². The Hall–Kier alpha value is -3.42. The molecule has 0 atom stereocenters. The summed E-state index contributed by atoms with van der Waals surface area (Å²) in [6, 6.07) is 12.2. The van der Waals surface area contributed by atoms with Crippen LogP contribution in [0.5, 0.6) is 0 Å². The molecular formula is C24H30N8. The van der Waals surface area contributed by atoms with Crippen LogP contribution < -0.4 is 0 Å². The van der Waals surface area contributed by atoms with Crippen LogP contribution in [0.1, 0.15) is 57.4 Å². The molecule has 32 heavy (non-hydrogen) atoms. The predicted octanol–water partition coefficient (Wildman–Crippen LogP) is 4.50. The third kappa shape index (κ3) is 5.25. The van der Waals surface area contributed by atoms with Crippen LogP contribution in [0, 0.1) is 5.92 Å². The molecule has 0 aliphatic rings. The van der Waals surface area contributed by atoms with Crippen molar-refractivity contribution in [3.63, 3.8) is 0 Å². The summed E-state index contributed by atoms with van der Waals surface area (Å²) < 4.78 is 2.08. The maximum absolute atomic E-state index is 4.84. The molecule has 8 heteroatoms. The molecule has 0 aliphatic heterocycles. The topological polar surface area (TPSA) is 98.1 Å². The Kier molecular flexibility index (Phi) is 6.99. The van der Waals surface area contributed by atoms with Crippen LogP contribution in [0.25, 0.3) is 22.5 Å². The number of aromatic nitrogens is 8. The molecule has 3 aromatic heterocycles. The number of pyridine rings is 1. The number of aromatic amines is 1. The fourth-order valence-electron chi connectivity index (χ4n) is 3.76. The largest absolute Gasteiger partial charge is 0.260 e. The van der Waals surface area contributed by atoms with Crippen LogP contribution in [0.2, 0.25) is 0 Å². The van der Waals surface area contributed by atoms with Gasteiger partial charge < -0.3 is 0 Å². The van der Waals surface area contributed by atoms with Crippen LogP contribution >= 0.6 is 0 Å². The first kappa shape index (κ1) is 21.8. The molecule has 4 aromatic rings. The molecule has 0 bridgehead atoms. The molecule has 1 aromatic carbocycles. The molecule has 0 spiro atoms. The van der Waals surface area contributed by atoms with E-state index in [1.807, 2.05) is 24.4 Å². The van der Waals surface area contributed by atoms with E-state index >= 15 is 0 Å². The molecule has 0 amide bonds. The van der Waals surface area contributed by atoms with Crippen LogP contribution in [-0.4, -0.2) is 40.4 Å². The summed E-state index contributed by atoms with van der Waals surface area (Å²) in [4.78, 5) is 9.58. The number of nitrogens with zero attached hydrogens (tertiary/aromatic N) is 7. The summed E-state index contributed by atoms with van der Waals surface area (Å²) in [5, 5.41) is 19.1. The predicted molar refractivity (Wildman–Crippen MR) is 124 cm³/mol. The summed E-state index contributed by atoms with van der Waals surface area (Å²) in [5.74, 6) is 3.09. The summed E-state index contributed by atoms with van der Waals surface area (Å²) in [6.07, 6.45) is 6.99. The van der Waals surface area contributed by atoms with Gasteiger partial charge in [-0.05, 0) is 34.4 Å². The van der Waals surface area contributed by atoms with Gasteiger partial charge >= 0.3 is 0 Å². The average molecular weight is 431 g/mol. The van der Waals surface area contributed by atoms with Crippen molar-refractivity contribution in [3.8, 4) is 22.5 Å². The van der Waals surface area contributed by atoms with Gasteiger partial charge in [-0.2, -0.15) is 5.10 Å². The first-order chi connectivity index (χ1) is 15.6. The van der Waals surface area contributed by atoms with Gasteiger partial charge in [0.2, 0.25) is 0 Å². The number of rotatable bonds is 10. The SMILES string of the molecule is CCCCCn1nc(CC(C)C)nc1Cc1ccc(-c2ccccc2-c2nnn[nH]2)cn1. The Bertz CT molecular complexity index is 1110. The van der Waals surface area contributed by atoms with E-state index in [1.54, 1.807) is 0 Å². The van der Waals surface area contributed by atoms with E-state index in [-0.39, 0.29) is 0 Å². The molecule has 1 N–H and O–H groups in total. The van der Waals surface area contributed by atoms with Crippen molar-refractivity contribution in [2.45, 2.75) is 59.4 Å². The van der Waals surface area contributed by atoms with Crippen molar-refractivity contribution in [1.82, 2.24) is 40.4 Å².